The van der Waals surface area contributed by atoms with Crippen molar-refractivity contribution in [1.29, 1.82) is 0 Å². The van der Waals surface area contributed by atoms with Gasteiger partial charge in [0.25, 0.3) is 0 Å². The van der Waals surface area contributed by atoms with Gasteiger partial charge in [0.2, 0.25) is 5.91 Å². The van der Waals surface area contributed by atoms with Crippen molar-refractivity contribution in [3.05, 3.63) is 30.1 Å². The van der Waals surface area contributed by atoms with E-state index in [1.165, 1.54) is 12.1 Å². The number of nitrogens with one attached hydrogen (secondary N) is 1. The standard InChI is InChI=1S/C15H23FN4O/c1-12(20-9-7-19(6-5-17)8-10-20)15(21)18-14-4-2-3-13(16)11-14/h2-4,11-12H,5-10,17H2,1H3,(H,18,21). The molecular weight excluding hydrogens is 271 g/mol. The lowest BCUT2D eigenvalue weighted by Crippen LogP contribution is -2.53. The molecule has 1 fully saturated rings. The SMILES string of the molecule is CC(C(=O)Nc1cccc(F)c1)N1CCN(CCN)CC1. The number of carbonyl (C=O) groups excluding carboxylic acids is 1. The van der Waals surface area contributed by atoms with E-state index in [0.29, 0.717) is 12.2 Å². The number of nitrogens with zero attached hydrogens (tertiary/aromatic N) is 2. The molecule has 1 unspecified atom stereocenters. The Hall–Kier alpha value is -1.50. The largest absolute Gasteiger partial charge is 0.329 e. The molecule has 0 saturated carbocycles. The first kappa shape index (κ1) is 15.9. The van der Waals surface area contributed by atoms with E-state index in [9.17, 15) is 9.18 Å². The van der Waals surface area contributed by atoms with Crippen LogP contribution in [0.2, 0.25) is 0 Å². The molecule has 1 amide bonds. The van der Waals surface area contributed by atoms with Gasteiger partial charge in [-0.25, -0.2) is 4.39 Å². The Morgan fingerprint density at radius 2 is 2.10 bits per heavy atom. The number of benzene rings is 1. The maximum absolute atomic E-state index is 13.1. The molecule has 1 aromatic carbocycles. The van der Waals surface area contributed by atoms with Crippen LogP contribution in [0.15, 0.2) is 24.3 Å². The summed E-state index contributed by atoms with van der Waals surface area (Å²) in [6.07, 6.45) is 0. The first-order valence-corrected chi connectivity index (χ1v) is 7.33. The second kappa shape index (κ2) is 7.49. The molecule has 116 valence electrons. The molecule has 1 aliphatic heterocycles. The van der Waals surface area contributed by atoms with Crippen molar-refractivity contribution in [3.63, 3.8) is 0 Å². The van der Waals surface area contributed by atoms with Crippen molar-refractivity contribution in [3.8, 4) is 0 Å². The maximum Gasteiger partial charge on any atom is 0.241 e. The average molecular weight is 294 g/mol. The van der Waals surface area contributed by atoms with Crippen molar-refractivity contribution in [1.82, 2.24) is 9.80 Å². The molecule has 0 bridgehead atoms. The fraction of sp³-hybridized carbons (Fsp3) is 0.533. The number of hydrogen-bond acceptors (Lipinski definition) is 4. The zero-order valence-electron chi connectivity index (χ0n) is 12.4. The highest BCUT2D eigenvalue weighted by molar-refractivity contribution is 5.94. The molecule has 6 heteroatoms. The highest BCUT2D eigenvalue weighted by Gasteiger charge is 2.25. The van der Waals surface area contributed by atoms with Crippen LogP contribution in [0.3, 0.4) is 0 Å². The first-order valence-electron chi connectivity index (χ1n) is 7.33. The number of nitrogens with two attached hydrogens (primary N) is 1. The minimum atomic E-state index is -0.351. The number of carbonyl (C=O) groups is 1. The summed E-state index contributed by atoms with van der Waals surface area (Å²) in [5.41, 5.74) is 6.04. The van der Waals surface area contributed by atoms with E-state index in [4.69, 9.17) is 5.73 Å². The molecule has 0 radical (unpaired) electrons. The Bertz CT molecular complexity index is 474. The molecule has 1 atom stereocenters. The van der Waals surface area contributed by atoms with Crippen LogP contribution >= 0.6 is 0 Å². The average Bonchev–Trinajstić information content (AvgIpc) is 2.47. The molecule has 1 aliphatic rings. The summed E-state index contributed by atoms with van der Waals surface area (Å²) in [6.45, 7) is 6.99. The molecule has 0 aliphatic carbocycles. The van der Waals surface area contributed by atoms with Gasteiger partial charge >= 0.3 is 0 Å². The van der Waals surface area contributed by atoms with Crippen LogP contribution in [-0.4, -0.2) is 61.0 Å². The Kier molecular flexibility index (Phi) is 5.67. The van der Waals surface area contributed by atoms with Gasteiger partial charge in [-0.05, 0) is 25.1 Å². The monoisotopic (exact) mass is 294 g/mol. The Morgan fingerprint density at radius 1 is 1.38 bits per heavy atom. The van der Waals surface area contributed by atoms with Gasteiger partial charge in [0, 0.05) is 45.0 Å². The van der Waals surface area contributed by atoms with E-state index in [1.54, 1.807) is 12.1 Å². The highest BCUT2D eigenvalue weighted by Crippen LogP contribution is 2.12. The predicted molar refractivity (Wildman–Crippen MR) is 81.6 cm³/mol. The summed E-state index contributed by atoms with van der Waals surface area (Å²) in [6, 6.07) is 5.72. The van der Waals surface area contributed by atoms with Crippen molar-refractivity contribution >= 4 is 11.6 Å². The van der Waals surface area contributed by atoms with Gasteiger partial charge in [-0.3, -0.25) is 14.6 Å². The van der Waals surface area contributed by atoms with Crippen LogP contribution < -0.4 is 11.1 Å². The third-order valence-electron chi connectivity index (χ3n) is 3.87. The summed E-state index contributed by atoms with van der Waals surface area (Å²) < 4.78 is 13.1. The van der Waals surface area contributed by atoms with Crippen molar-refractivity contribution in [2.24, 2.45) is 5.73 Å². The summed E-state index contributed by atoms with van der Waals surface area (Å²) in [5.74, 6) is -0.455. The van der Waals surface area contributed by atoms with Crippen LogP contribution in [0, 0.1) is 5.82 Å². The van der Waals surface area contributed by atoms with Gasteiger partial charge in [-0.2, -0.15) is 0 Å². The van der Waals surface area contributed by atoms with Crippen LogP contribution in [0.25, 0.3) is 0 Å². The van der Waals surface area contributed by atoms with Crippen LogP contribution in [0.1, 0.15) is 6.92 Å². The number of amides is 1. The lowest BCUT2D eigenvalue weighted by atomic mass is 10.2. The number of rotatable bonds is 5. The van der Waals surface area contributed by atoms with Crippen LogP contribution in [0.4, 0.5) is 10.1 Å². The first-order chi connectivity index (χ1) is 10.1. The normalized spacial score (nSPS) is 18.4. The Morgan fingerprint density at radius 3 is 2.71 bits per heavy atom. The second-order valence-corrected chi connectivity index (χ2v) is 5.34. The number of anilines is 1. The Labute approximate surface area is 124 Å². The molecule has 5 nitrogen and oxygen atoms in total. The molecule has 0 aromatic heterocycles. The zero-order valence-corrected chi connectivity index (χ0v) is 12.4. The molecule has 1 aromatic rings. The summed E-state index contributed by atoms with van der Waals surface area (Å²) in [4.78, 5) is 16.7. The summed E-state index contributed by atoms with van der Waals surface area (Å²) in [5, 5.41) is 2.76. The summed E-state index contributed by atoms with van der Waals surface area (Å²) >= 11 is 0. The lowest BCUT2D eigenvalue weighted by molar-refractivity contribution is -0.121. The highest BCUT2D eigenvalue weighted by atomic mass is 19.1. The Balaban J connectivity index is 1.85. The minimum absolute atomic E-state index is 0.104. The molecule has 21 heavy (non-hydrogen) atoms. The van der Waals surface area contributed by atoms with Gasteiger partial charge in [0.15, 0.2) is 0 Å². The van der Waals surface area contributed by atoms with E-state index < -0.39 is 0 Å². The second-order valence-electron chi connectivity index (χ2n) is 5.34. The van der Waals surface area contributed by atoms with E-state index in [1.807, 2.05) is 6.92 Å². The molecule has 1 heterocycles. The fourth-order valence-corrected chi connectivity index (χ4v) is 2.54. The molecule has 3 N–H and O–H groups in total. The van der Waals surface area contributed by atoms with Crippen LogP contribution in [-0.2, 0) is 4.79 Å². The van der Waals surface area contributed by atoms with Crippen molar-refractivity contribution in [2.45, 2.75) is 13.0 Å². The number of piperazine rings is 1. The van der Waals surface area contributed by atoms with E-state index >= 15 is 0 Å². The van der Waals surface area contributed by atoms with Gasteiger partial charge < -0.3 is 11.1 Å². The van der Waals surface area contributed by atoms with E-state index in [0.717, 1.165) is 32.7 Å². The fourth-order valence-electron chi connectivity index (χ4n) is 2.54. The topological polar surface area (TPSA) is 61.6 Å². The number of halogens is 1. The molecule has 2 rings (SSSR count). The predicted octanol–water partition coefficient (Wildman–Crippen LogP) is 0.729. The molecular formula is C15H23FN4O. The van der Waals surface area contributed by atoms with Gasteiger partial charge in [0.05, 0.1) is 6.04 Å². The third-order valence-corrected chi connectivity index (χ3v) is 3.87. The molecule has 0 spiro atoms. The van der Waals surface area contributed by atoms with E-state index in [2.05, 4.69) is 15.1 Å². The quantitative estimate of drug-likeness (QED) is 0.840. The zero-order chi connectivity index (χ0) is 15.2. The smallest absolute Gasteiger partial charge is 0.241 e. The van der Waals surface area contributed by atoms with Crippen molar-refractivity contribution in [2.75, 3.05) is 44.6 Å². The minimum Gasteiger partial charge on any atom is -0.329 e. The van der Waals surface area contributed by atoms with E-state index in [-0.39, 0.29) is 17.8 Å². The van der Waals surface area contributed by atoms with Gasteiger partial charge in [-0.15, -0.1) is 0 Å². The van der Waals surface area contributed by atoms with Gasteiger partial charge in [-0.1, -0.05) is 6.07 Å². The number of hydrogen-bond donors (Lipinski definition) is 2. The maximum atomic E-state index is 13.1. The van der Waals surface area contributed by atoms with Gasteiger partial charge in [0.1, 0.15) is 5.82 Å². The van der Waals surface area contributed by atoms with Crippen molar-refractivity contribution < 1.29 is 9.18 Å². The lowest BCUT2D eigenvalue weighted by Gasteiger charge is -2.37. The summed E-state index contributed by atoms with van der Waals surface area (Å²) in [7, 11) is 0. The molecule has 1 saturated heterocycles. The van der Waals surface area contributed by atoms with Crippen LogP contribution in [0.5, 0.6) is 0 Å². The third kappa shape index (κ3) is 4.49.